The zero-order valence-corrected chi connectivity index (χ0v) is 36.2. The molecule has 3 aromatic rings. The summed E-state index contributed by atoms with van der Waals surface area (Å²) in [5, 5.41) is 3.26. The van der Waals surface area contributed by atoms with Crippen LogP contribution >= 0.6 is 0 Å². The summed E-state index contributed by atoms with van der Waals surface area (Å²) < 4.78 is 60.0. The molecule has 1 aromatic heterocycles. The van der Waals surface area contributed by atoms with Gasteiger partial charge in [-0.1, -0.05) is 40.7 Å². The first-order valence-corrected chi connectivity index (χ1v) is 23.6. The first kappa shape index (κ1) is 42.5. The first-order valence-electron chi connectivity index (χ1n) is 19.2. The van der Waals surface area contributed by atoms with E-state index in [9.17, 15) is 22.8 Å². The first-order chi connectivity index (χ1) is 25.3. The summed E-state index contributed by atoms with van der Waals surface area (Å²) >= 11 is 0. The summed E-state index contributed by atoms with van der Waals surface area (Å²) in [6.45, 7) is 23.0. The summed E-state index contributed by atoms with van der Waals surface area (Å²) in [6.07, 6.45) is 3.05. The second-order valence-corrected chi connectivity index (χ2v) is 25.2. The molecule has 11 nitrogen and oxygen atoms in total. The third-order valence-corrected chi connectivity index (χ3v) is 17.2. The van der Waals surface area contributed by atoms with Crippen molar-refractivity contribution >= 4 is 41.1 Å². The molecule has 0 bridgehead atoms. The number of nitrogens with one attached hydrogen (secondary N) is 1. The van der Waals surface area contributed by atoms with E-state index in [-0.39, 0.29) is 70.0 Å². The number of sulfonamides is 1. The molecule has 5 rings (SSSR count). The van der Waals surface area contributed by atoms with Crippen LogP contribution in [-0.2, 0) is 25.7 Å². The summed E-state index contributed by atoms with van der Waals surface area (Å²) in [4.78, 5) is 41.6. The van der Waals surface area contributed by atoms with Crippen molar-refractivity contribution in [3.05, 3.63) is 63.8 Å². The second-order valence-electron chi connectivity index (χ2n) is 18.5. The van der Waals surface area contributed by atoms with Crippen LogP contribution < -0.4 is 10.9 Å². The van der Waals surface area contributed by atoms with Crippen LogP contribution in [0.5, 0.6) is 0 Å². The van der Waals surface area contributed by atoms with Gasteiger partial charge in [-0.15, -0.1) is 0 Å². The van der Waals surface area contributed by atoms with Crippen molar-refractivity contribution in [1.82, 2.24) is 19.1 Å². The lowest BCUT2D eigenvalue weighted by atomic mass is 9.94. The van der Waals surface area contributed by atoms with Gasteiger partial charge in [0.05, 0.1) is 0 Å². The van der Waals surface area contributed by atoms with E-state index in [1.165, 1.54) is 26.0 Å². The zero-order chi connectivity index (χ0) is 40.9. The molecule has 1 aliphatic heterocycles. The summed E-state index contributed by atoms with van der Waals surface area (Å²) in [7, 11) is -6.39. The van der Waals surface area contributed by atoms with E-state index >= 15 is 4.39 Å². The number of benzene rings is 2. The minimum absolute atomic E-state index is 0.0180. The molecule has 1 saturated heterocycles. The van der Waals surface area contributed by atoms with Crippen LogP contribution in [0.15, 0.2) is 46.2 Å². The number of hydrogen-bond acceptors (Lipinski definition) is 7. The van der Waals surface area contributed by atoms with Gasteiger partial charge in [-0.3, -0.25) is 9.59 Å². The molecule has 2 heterocycles. The zero-order valence-electron chi connectivity index (χ0n) is 34.4. The number of rotatable bonds is 10. The van der Waals surface area contributed by atoms with Gasteiger partial charge in [0.2, 0.25) is 10.0 Å². The number of carbonyl (C=O) groups excluding carboxylic acids is 2. The fourth-order valence-electron chi connectivity index (χ4n) is 6.34. The van der Waals surface area contributed by atoms with Crippen LogP contribution in [0.3, 0.4) is 0 Å². The van der Waals surface area contributed by atoms with E-state index in [0.717, 1.165) is 12.8 Å². The lowest BCUT2D eigenvalue weighted by Gasteiger charge is -2.39. The van der Waals surface area contributed by atoms with E-state index in [1.807, 2.05) is 13.8 Å². The molecule has 2 aromatic carbocycles. The Labute approximate surface area is 326 Å². The molecule has 14 heteroatoms. The van der Waals surface area contributed by atoms with Gasteiger partial charge >= 0.3 is 6.09 Å². The number of amides is 2. The van der Waals surface area contributed by atoms with Crippen LogP contribution in [0.25, 0.3) is 21.9 Å². The monoisotopic (exact) mass is 798 g/mol. The molecule has 2 amide bonds. The van der Waals surface area contributed by atoms with E-state index in [2.05, 4.69) is 39.2 Å². The van der Waals surface area contributed by atoms with Crippen LogP contribution in [0.2, 0.25) is 18.1 Å². The number of fused-ring (bicyclic) bond motifs is 1. The maximum atomic E-state index is 15.4. The van der Waals surface area contributed by atoms with Crippen molar-refractivity contribution in [1.29, 1.82) is 0 Å². The Kier molecular flexibility index (Phi) is 11.9. The Bertz CT molecular complexity index is 2130. The SMILES string of the molecule is Cc1c(F)cc(C(=O)NC2CC2)cc1-c1ccc2c(=O)n(CC(C)(C)CO[Si](C)(C)C(C)(C)C)cc(S(=O)(=O)N3CCCN(C(=O)OC(C)(C)C)CC3)c2c1. The molecule has 302 valence electrons. The molecule has 0 spiro atoms. The number of hydrogen-bond donors (Lipinski definition) is 1. The number of carbonyl (C=O) groups is 2. The normalized spacial score (nSPS) is 16.6. The van der Waals surface area contributed by atoms with Gasteiger partial charge in [0.15, 0.2) is 8.32 Å². The lowest BCUT2D eigenvalue weighted by Crippen LogP contribution is -2.44. The fourth-order valence-corrected chi connectivity index (χ4v) is 9.20. The largest absolute Gasteiger partial charge is 0.444 e. The van der Waals surface area contributed by atoms with Gasteiger partial charge in [-0.25, -0.2) is 17.6 Å². The predicted octanol–water partition coefficient (Wildman–Crippen LogP) is 7.69. The fraction of sp³-hybridized carbons (Fsp3) is 0.585. The quantitative estimate of drug-likeness (QED) is 0.209. The maximum absolute atomic E-state index is 15.4. The van der Waals surface area contributed by atoms with Crippen molar-refractivity contribution in [2.45, 2.75) is 123 Å². The molecular formula is C41H59FN4O7SSi. The third-order valence-electron chi connectivity index (χ3n) is 10.8. The number of halogens is 1. The second kappa shape index (κ2) is 15.4. The Morgan fingerprint density at radius 3 is 2.24 bits per heavy atom. The predicted molar refractivity (Wildman–Crippen MR) is 217 cm³/mol. The highest BCUT2D eigenvalue weighted by atomic mass is 32.2. The van der Waals surface area contributed by atoms with Gasteiger partial charge in [-0.2, -0.15) is 4.31 Å². The van der Waals surface area contributed by atoms with E-state index < -0.39 is 41.3 Å². The minimum Gasteiger partial charge on any atom is -0.444 e. The molecule has 1 saturated carbocycles. The highest BCUT2D eigenvalue weighted by Gasteiger charge is 2.39. The molecule has 0 unspecified atom stereocenters. The Morgan fingerprint density at radius 2 is 1.62 bits per heavy atom. The molecule has 0 radical (unpaired) electrons. The smallest absolute Gasteiger partial charge is 0.410 e. The molecule has 1 aliphatic carbocycles. The average molecular weight is 799 g/mol. The van der Waals surface area contributed by atoms with Gasteiger partial charge in [0, 0.05) is 73.3 Å². The molecule has 0 atom stereocenters. The highest BCUT2D eigenvalue weighted by molar-refractivity contribution is 7.89. The van der Waals surface area contributed by atoms with E-state index in [0.29, 0.717) is 36.3 Å². The third kappa shape index (κ3) is 9.87. The Morgan fingerprint density at radius 1 is 0.945 bits per heavy atom. The molecule has 2 fully saturated rings. The van der Waals surface area contributed by atoms with Crippen LogP contribution in [-0.4, -0.2) is 86.9 Å². The van der Waals surface area contributed by atoms with Gasteiger partial charge in [0.1, 0.15) is 16.3 Å². The summed E-state index contributed by atoms with van der Waals surface area (Å²) in [5.74, 6) is -0.945. The van der Waals surface area contributed by atoms with Crippen molar-refractivity contribution in [3.63, 3.8) is 0 Å². The molecular weight excluding hydrogens is 740 g/mol. The van der Waals surface area contributed by atoms with Gasteiger partial charge < -0.3 is 23.9 Å². The summed E-state index contributed by atoms with van der Waals surface area (Å²) in [5.41, 5.74) is -0.275. The standard InChI is InChI=1S/C41H59FN4O7SSi/c1-27-32(22-29(23-34(27)42)36(47)43-30-14-15-30)28-13-16-31-33(21-28)35(24-45(37(31)48)25-41(8,9)26-52-55(10,11)40(5,6)7)54(50,51)46-18-12-17-44(19-20-46)38(49)53-39(2,3)4/h13,16,21-24,30H,12,14-15,17-20,25-26H2,1-11H3,(H,43,47). The lowest BCUT2D eigenvalue weighted by molar-refractivity contribution is 0.0260. The van der Waals surface area contributed by atoms with Crippen molar-refractivity contribution in [2.75, 3.05) is 32.8 Å². The minimum atomic E-state index is -4.26. The highest BCUT2D eigenvalue weighted by Crippen LogP contribution is 2.38. The Hall–Kier alpha value is -3.59. The number of ether oxygens (including phenoxy) is 1. The van der Waals surface area contributed by atoms with Crippen molar-refractivity contribution < 1.29 is 31.6 Å². The number of pyridine rings is 1. The molecule has 55 heavy (non-hydrogen) atoms. The average Bonchev–Trinajstić information content (AvgIpc) is 3.91. The number of aromatic nitrogens is 1. The summed E-state index contributed by atoms with van der Waals surface area (Å²) in [6, 6.07) is 7.76. The molecule has 1 N–H and O–H groups in total. The van der Waals surface area contributed by atoms with Crippen molar-refractivity contribution in [3.8, 4) is 11.1 Å². The van der Waals surface area contributed by atoms with Crippen LogP contribution in [0.4, 0.5) is 9.18 Å². The Balaban J connectivity index is 1.60. The topological polar surface area (TPSA) is 127 Å². The van der Waals surface area contributed by atoms with Crippen molar-refractivity contribution in [2.24, 2.45) is 5.41 Å². The molecule has 2 aliphatic rings. The maximum Gasteiger partial charge on any atom is 0.410 e. The van der Waals surface area contributed by atoms with E-state index in [4.69, 9.17) is 9.16 Å². The van der Waals surface area contributed by atoms with Gasteiger partial charge in [-0.05, 0) is 106 Å². The number of nitrogens with zero attached hydrogens (tertiary/aromatic N) is 3. The van der Waals surface area contributed by atoms with Crippen LogP contribution in [0.1, 0.15) is 90.6 Å². The van der Waals surface area contributed by atoms with Gasteiger partial charge in [0.25, 0.3) is 11.5 Å². The van der Waals surface area contributed by atoms with Crippen LogP contribution in [0, 0.1) is 18.2 Å². The van der Waals surface area contributed by atoms with E-state index in [1.54, 1.807) is 52.0 Å².